The van der Waals surface area contributed by atoms with Gasteiger partial charge in [0.25, 0.3) is 0 Å². The lowest BCUT2D eigenvalue weighted by molar-refractivity contribution is 0.184. The molecule has 1 aromatic heterocycles. The molecule has 0 aliphatic rings. The van der Waals surface area contributed by atoms with Crippen LogP contribution in [0.3, 0.4) is 0 Å². The van der Waals surface area contributed by atoms with E-state index in [0.29, 0.717) is 12.5 Å². The molecule has 0 spiro atoms. The molecule has 0 aliphatic heterocycles. The summed E-state index contributed by atoms with van der Waals surface area (Å²) in [4.78, 5) is 4.35. The number of ether oxygens (including phenoxy) is 1. The van der Waals surface area contributed by atoms with Crippen molar-refractivity contribution in [2.45, 2.75) is 26.0 Å². The van der Waals surface area contributed by atoms with Gasteiger partial charge in [0.05, 0.1) is 11.6 Å². The molecule has 0 aliphatic carbocycles. The smallest absolute Gasteiger partial charge is 0.0965 e. The molecule has 2 rings (SSSR count). The Kier molecular flexibility index (Phi) is 5.51. The van der Waals surface area contributed by atoms with Gasteiger partial charge in [-0.1, -0.05) is 31.2 Å². The van der Waals surface area contributed by atoms with E-state index >= 15 is 0 Å². The highest BCUT2D eigenvalue weighted by Crippen LogP contribution is 2.17. The second kappa shape index (κ2) is 7.38. The quantitative estimate of drug-likeness (QED) is 0.843. The van der Waals surface area contributed by atoms with Crippen molar-refractivity contribution in [1.29, 1.82) is 0 Å². The third-order valence-electron chi connectivity index (χ3n) is 3.06. The minimum atomic E-state index is 0.453. The van der Waals surface area contributed by atoms with Crippen molar-refractivity contribution in [2.75, 3.05) is 13.7 Å². The van der Waals surface area contributed by atoms with Crippen LogP contribution < -0.4 is 5.32 Å². The zero-order valence-electron chi connectivity index (χ0n) is 11.4. The van der Waals surface area contributed by atoms with Crippen molar-refractivity contribution in [3.8, 4) is 0 Å². The molecule has 4 heteroatoms. The van der Waals surface area contributed by atoms with Crippen molar-refractivity contribution < 1.29 is 4.74 Å². The molecule has 3 nitrogen and oxygen atoms in total. The number of rotatable bonds is 7. The highest BCUT2D eigenvalue weighted by molar-refractivity contribution is 7.09. The molecule has 1 N–H and O–H groups in total. The first-order chi connectivity index (χ1) is 9.31. The van der Waals surface area contributed by atoms with Gasteiger partial charge in [-0.2, -0.15) is 0 Å². The summed E-state index contributed by atoms with van der Waals surface area (Å²) >= 11 is 1.72. The zero-order valence-corrected chi connectivity index (χ0v) is 12.2. The van der Waals surface area contributed by atoms with Gasteiger partial charge in [0, 0.05) is 37.7 Å². The number of hydrogen-bond acceptors (Lipinski definition) is 4. The molecule has 102 valence electrons. The summed E-state index contributed by atoms with van der Waals surface area (Å²) in [5.41, 5.74) is 2.55. The molecule has 1 atom stereocenters. The monoisotopic (exact) mass is 276 g/mol. The average molecular weight is 276 g/mol. The maximum Gasteiger partial charge on any atom is 0.0965 e. The fourth-order valence-electron chi connectivity index (χ4n) is 2.01. The Morgan fingerprint density at radius 1 is 1.32 bits per heavy atom. The van der Waals surface area contributed by atoms with Gasteiger partial charge in [-0.05, 0) is 11.1 Å². The van der Waals surface area contributed by atoms with Crippen LogP contribution in [0.15, 0.2) is 35.8 Å². The van der Waals surface area contributed by atoms with E-state index in [1.54, 1.807) is 18.4 Å². The standard InChI is InChI=1S/C15H20N2OS/c1-12(15-17-7-8-19-15)9-16-10-13-5-3-4-6-14(13)11-18-2/h3-8,12,16H,9-11H2,1-2H3. The van der Waals surface area contributed by atoms with Crippen molar-refractivity contribution >= 4 is 11.3 Å². The van der Waals surface area contributed by atoms with Gasteiger partial charge in [-0.15, -0.1) is 11.3 Å². The van der Waals surface area contributed by atoms with E-state index in [2.05, 4.69) is 41.5 Å². The van der Waals surface area contributed by atoms with Crippen LogP contribution in [0.25, 0.3) is 0 Å². The lowest BCUT2D eigenvalue weighted by Crippen LogP contribution is -2.20. The van der Waals surface area contributed by atoms with Gasteiger partial charge in [0.15, 0.2) is 0 Å². The number of thiazole rings is 1. The maximum atomic E-state index is 5.22. The van der Waals surface area contributed by atoms with Gasteiger partial charge < -0.3 is 10.1 Å². The Morgan fingerprint density at radius 3 is 2.79 bits per heavy atom. The zero-order chi connectivity index (χ0) is 13.5. The van der Waals surface area contributed by atoms with Gasteiger partial charge in [-0.3, -0.25) is 0 Å². The molecule has 0 fully saturated rings. The van der Waals surface area contributed by atoms with E-state index in [0.717, 1.165) is 13.1 Å². The Labute approximate surface area is 118 Å². The minimum absolute atomic E-state index is 0.453. The van der Waals surface area contributed by atoms with Gasteiger partial charge in [-0.25, -0.2) is 4.98 Å². The summed E-state index contributed by atoms with van der Waals surface area (Å²) in [6.07, 6.45) is 1.87. The van der Waals surface area contributed by atoms with E-state index in [-0.39, 0.29) is 0 Å². The summed E-state index contributed by atoms with van der Waals surface area (Å²) < 4.78 is 5.22. The molecule has 2 aromatic rings. The number of methoxy groups -OCH3 is 1. The van der Waals surface area contributed by atoms with Gasteiger partial charge >= 0.3 is 0 Å². The summed E-state index contributed by atoms with van der Waals surface area (Å²) in [7, 11) is 1.73. The summed E-state index contributed by atoms with van der Waals surface area (Å²) in [5, 5.41) is 6.72. The second-order valence-electron chi connectivity index (χ2n) is 4.60. The molecule has 1 heterocycles. The Hall–Kier alpha value is -1.23. The Morgan fingerprint density at radius 2 is 2.11 bits per heavy atom. The minimum Gasteiger partial charge on any atom is -0.380 e. The van der Waals surface area contributed by atoms with Crippen molar-refractivity contribution in [3.05, 3.63) is 52.0 Å². The maximum absolute atomic E-state index is 5.22. The van der Waals surface area contributed by atoms with Crippen molar-refractivity contribution in [2.24, 2.45) is 0 Å². The molecular weight excluding hydrogens is 256 g/mol. The van der Waals surface area contributed by atoms with Crippen LogP contribution in [0, 0.1) is 0 Å². The first-order valence-corrected chi connectivity index (χ1v) is 7.35. The van der Waals surface area contributed by atoms with E-state index in [1.165, 1.54) is 16.1 Å². The summed E-state index contributed by atoms with van der Waals surface area (Å²) in [6.45, 7) is 4.68. The van der Waals surface area contributed by atoms with E-state index < -0.39 is 0 Å². The predicted octanol–water partition coefficient (Wildman–Crippen LogP) is 3.18. The van der Waals surface area contributed by atoms with Crippen LogP contribution in [0.5, 0.6) is 0 Å². The average Bonchev–Trinajstić information content (AvgIpc) is 2.95. The number of nitrogens with one attached hydrogen (secondary N) is 1. The molecule has 0 radical (unpaired) electrons. The number of nitrogens with zero attached hydrogens (tertiary/aromatic N) is 1. The van der Waals surface area contributed by atoms with Crippen LogP contribution in [0.2, 0.25) is 0 Å². The Bertz CT molecular complexity index is 485. The van der Waals surface area contributed by atoms with Crippen LogP contribution in [-0.4, -0.2) is 18.6 Å². The van der Waals surface area contributed by atoms with Crippen molar-refractivity contribution in [3.63, 3.8) is 0 Å². The number of benzene rings is 1. The number of hydrogen-bond donors (Lipinski definition) is 1. The fraction of sp³-hybridized carbons (Fsp3) is 0.400. The molecular formula is C15H20N2OS. The van der Waals surface area contributed by atoms with Crippen LogP contribution in [0.1, 0.15) is 29.0 Å². The molecule has 0 bridgehead atoms. The SMILES string of the molecule is COCc1ccccc1CNCC(C)c1nccs1. The molecule has 1 aromatic carbocycles. The number of aromatic nitrogens is 1. The van der Waals surface area contributed by atoms with E-state index in [1.807, 2.05) is 11.6 Å². The topological polar surface area (TPSA) is 34.1 Å². The van der Waals surface area contributed by atoms with Gasteiger partial charge in [0.2, 0.25) is 0 Å². The molecule has 0 saturated heterocycles. The van der Waals surface area contributed by atoms with Crippen LogP contribution in [-0.2, 0) is 17.9 Å². The molecule has 1 unspecified atom stereocenters. The van der Waals surface area contributed by atoms with E-state index in [9.17, 15) is 0 Å². The van der Waals surface area contributed by atoms with Gasteiger partial charge in [0.1, 0.15) is 0 Å². The largest absolute Gasteiger partial charge is 0.380 e. The van der Waals surface area contributed by atoms with Crippen LogP contribution in [0.4, 0.5) is 0 Å². The highest BCUT2D eigenvalue weighted by atomic mass is 32.1. The lowest BCUT2D eigenvalue weighted by atomic mass is 10.1. The molecule has 19 heavy (non-hydrogen) atoms. The third-order valence-corrected chi connectivity index (χ3v) is 4.06. The Balaban J connectivity index is 1.85. The fourth-order valence-corrected chi connectivity index (χ4v) is 2.71. The second-order valence-corrected chi connectivity index (χ2v) is 5.53. The first-order valence-electron chi connectivity index (χ1n) is 6.47. The molecule has 0 amide bonds. The summed E-state index contributed by atoms with van der Waals surface area (Å²) in [5.74, 6) is 0.453. The normalized spacial score (nSPS) is 12.5. The predicted molar refractivity (Wildman–Crippen MR) is 79.4 cm³/mol. The third kappa shape index (κ3) is 4.13. The highest BCUT2D eigenvalue weighted by Gasteiger charge is 2.08. The van der Waals surface area contributed by atoms with Crippen LogP contribution >= 0.6 is 11.3 Å². The molecule has 0 saturated carbocycles. The van der Waals surface area contributed by atoms with Crippen molar-refractivity contribution in [1.82, 2.24) is 10.3 Å². The lowest BCUT2D eigenvalue weighted by Gasteiger charge is -2.12. The summed E-state index contributed by atoms with van der Waals surface area (Å²) in [6, 6.07) is 8.39. The van der Waals surface area contributed by atoms with E-state index in [4.69, 9.17) is 4.74 Å². The first kappa shape index (κ1) is 14.2.